The molecule has 0 aromatic heterocycles. The molecule has 8 heteroatoms. The molecule has 0 aliphatic rings. The van der Waals surface area contributed by atoms with Gasteiger partial charge in [0, 0.05) is 6.07 Å². The number of nitrogens with one attached hydrogen (secondary N) is 1. The molecule has 0 amide bonds. The Morgan fingerprint density at radius 1 is 1.00 bits per heavy atom. The standard InChI is InChI=1S/C21H18FNO5S/c1-27-21(24)19-7-2-3-8-20(19)29(25,26)23-17-5-4-6-18(13-17)28-14-15-9-11-16(22)12-10-15/h2-13,23H,14H2,1H3. The highest BCUT2D eigenvalue weighted by molar-refractivity contribution is 7.92. The first-order valence-electron chi connectivity index (χ1n) is 8.56. The lowest BCUT2D eigenvalue weighted by molar-refractivity contribution is 0.0596. The van der Waals surface area contributed by atoms with E-state index in [1.54, 1.807) is 36.4 Å². The molecule has 0 aliphatic carbocycles. The molecule has 29 heavy (non-hydrogen) atoms. The molecule has 0 aliphatic heterocycles. The summed E-state index contributed by atoms with van der Waals surface area (Å²) in [5.74, 6) is -0.657. The van der Waals surface area contributed by atoms with Crippen LogP contribution in [-0.4, -0.2) is 21.5 Å². The Morgan fingerprint density at radius 3 is 2.45 bits per heavy atom. The van der Waals surface area contributed by atoms with Crippen molar-refractivity contribution in [1.29, 1.82) is 0 Å². The van der Waals surface area contributed by atoms with Crippen LogP contribution >= 0.6 is 0 Å². The van der Waals surface area contributed by atoms with Crippen molar-refractivity contribution in [2.45, 2.75) is 11.5 Å². The quantitative estimate of drug-likeness (QED) is 0.590. The summed E-state index contributed by atoms with van der Waals surface area (Å²) in [5, 5.41) is 0. The Bertz CT molecular complexity index is 1110. The average molecular weight is 415 g/mol. The summed E-state index contributed by atoms with van der Waals surface area (Å²) in [5.41, 5.74) is 0.969. The van der Waals surface area contributed by atoms with Gasteiger partial charge >= 0.3 is 5.97 Å². The van der Waals surface area contributed by atoms with Gasteiger partial charge in [-0.1, -0.05) is 30.3 Å². The van der Waals surface area contributed by atoms with Crippen molar-refractivity contribution >= 4 is 21.7 Å². The van der Waals surface area contributed by atoms with Gasteiger partial charge in [0.15, 0.2) is 0 Å². The van der Waals surface area contributed by atoms with Crippen LogP contribution in [0.4, 0.5) is 10.1 Å². The van der Waals surface area contributed by atoms with Gasteiger partial charge in [-0.25, -0.2) is 17.6 Å². The summed E-state index contributed by atoms with van der Waals surface area (Å²) in [6.45, 7) is 0.196. The van der Waals surface area contributed by atoms with Crippen molar-refractivity contribution in [3.63, 3.8) is 0 Å². The van der Waals surface area contributed by atoms with Crippen molar-refractivity contribution in [3.05, 3.63) is 89.7 Å². The Kier molecular flexibility index (Phi) is 6.13. The second-order valence-electron chi connectivity index (χ2n) is 6.04. The minimum atomic E-state index is -4.04. The van der Waals surface area contributed by atoms with Crippen LogP contribution < -0.4 is 9.46 Å². The van der Waals surface area contributed by atoms with Crippen molar-refractivity contribution < 1.29 is 27.1 Å². The molecule has 0 fully saturated rings. The average Bonchev–Trinajstić information content (AvgIpc) is 2.73. The smallest absolute Gasteiger partial charge is 0.339 e. The lowest BCUT2D eigenvalue weighted by Crippen LogP contribution is -2.17. The van der Waals surface area contributed by atoms with Crippen LogP contribution in [0.1, 0.15) is 15.9 Å². The summed E-state index contributed by atoms with van der Waals surface area (Å²) in [6.07, 6.45) is 0. The summed E-state index contributed by atoms with van der Waals surface area (Å²) < 4.78 is 51.2. The number of benzene rings is 3. The van der Waals surface area contributed by atoms with Gasteiger partial charge in [-0.15, -0.1) is 0 Å². The van der Waals surface area contributed by atoms with E-state index < -0.39 is 16.0 Å². The number of anilines is 1. The van der Waals surface area contributed by atoms with Crippen LogP contribution in [0.5, 0.6) is 5.75 Å². The SMILES string of the molecule is COC(=O)c1ccccc1S(=O)(=O)Nc1cccc(OCc2ccc(F)cc2)c1. The minimum absolute atomic E-state index is 0.0637. The topological polar surface area (TPSA) is 81.7 Å². The molecule has 0 saturated heterocycles. The van der Waals surface area contributed by atoms with E-state index in [-0.39, 0.29) is 28.6 Å². The van der Waals surface area contributed by atoms with E-state index >= 15 is 0 Å². The fraction of sp³-hybridized carbons (Fsp3) is 0.0952. The van der Waals surface area contributed by atoms with Crippen LogP contribution in [0.2, 0.25) is 0 Å². The normalized spacial score (nSPS) is 11.0. The number of esters is 1. The summed E-state index contributed by atoms with van der Waals surface area (Å²) in [6, 6.07) is 18.0. The van der Waals surface area contributed by atoms with Gasteiger partial charge in [0.05, 0.1) is 18.4 Å². The third kappa shape index (κ3) is 5.11. The Hall–Kier alpha value is -3.39. The highest BCUT2D eigenvalue weighted by atomic mass is 32.2. The molecule has 3 rings (SSSR count). The molecule has 3 aromatic rings. The van der Waals surface area contributed by atoms with Crippen LogP contribution in [-0.2, 0) is 21.4 Å². The maximum Gasteiger partial charge on any atom is 0.339 e. The fourth-order valence-electron chi connectivity index (χ4n) is 2.59. The second-order valence-corrected chi connectivity index (χ2v) is 7.69. The molecule has 0 bridgehead atoms. The van der Waals surface area contributed by atoms with Crippen LogP contribution in [0, 0.1) is 5.82 Å². The summed E-state index contributed by atoms with van der Waals surface area (Å²) >= 11 is 0. The number of carbonyl (C=O) groups is 1. The number of ether oxygens (including phenoxy) is 2. The maximum absolute atomic E-state index is 13.0. The molecule has 0 atom stereocenters. The predicted octanol–water partition coefficient (Wildman–Crippen LogP) is 3.99. The fourth-order valence-corrected chi connectivity index (χ4v) is 3.83. The largest absolute Gasteiger partial charge is 0.489 e. The first-order valence-corrected chi connectivity index (χ1v) is 10.0. The molecular formula is C21H18FNO5S. The number of carbonyl (C=O) groups excluding carboxylic acids is 1. The number of methoxy groups -OCH3 is 1. The Morgan fingerprint density at radius 2 is 1.72 bits per heavy atom. The van der Waals surface area contributed by atoms with Gasteiger partial charge in [0.2, 0.25) is 0 Å². The third-order valence-electron chi connectivity index (χ3n) is 3.99. The van der Waals surface area contributed by atoms with Crippen LogP contribution in [0.3, 0.4) is 0 Å². The number of sulfonamides is 1. The molecule has 0 saturated carbocycles. The molecule has 0 radical (unpaired) electrons. The van der Waals surface area contributed by atoms with Gasteiger partial charge in [0.25, 0.3) is 10.0 Å². The van der Waals surface area contributed by atoms with Crippen molar-refractivity contribution in [2.75, 3.05) is 11.8 Å². The van der Waals surface area contributed by atoms with Crippen molar-refractivity contribution in [3.8, 4) is 5.75 Å². The molecule has 1 N–H and O–H groups in total. The van der Waals surface area contributed by atoms with Gasteiger partial charge in [-0.2, -0.15) is 0 Å². The number of halogens is 1. The molecule has 150 valence electrons. The van der Waals surface area contributed by atoms with Crippen molar-refractivity contribution in [2.24, 2.45) is 0 Å². The molecule has 3 aromatic carbocycles. The summed E-state index contributed by atoms with van der Waals surface area (Å²) in [7, 11) is -2.85. The molecule has 6 nitrogen and oxygen atoms in total. The van der Waals surface area contributed by atoms with E-state index in [2.05, 4.69) is 9.46 Å². The highest BCUT2D eigenvalue weighted by Crippen LogP contribution is 2.24. The van der Waals surface area contributed by atoms with E-state index in [9.17, 15) is 17.6 Å². The molecule has 0 spiro atoms. The minimum Gasteiger partial charge on any atom is -0.489 e. The van der Waals surface area contributed by atoms with Crippen LogP contribution in [0.15, 0.2) is 77.7 Å². The van der Waals surface area contributed by atoms with E-state index in [0.717, 1.165) is 5.56 Å². The number of hydrogen-bond acceptors (Lipinski definition) is 5. The molecule has 0 heterocycles. The maximum atomic E-state index is 13.0. The lowest BCUT2D eigenvalue weighted by Gasteiger charge is -2.12. The highest BCUT2D eigenvalue weighted by Gasteiger charge is 2.22. The zero-order chi connectivity index (χ0) is 20.9. The third-order valence-corrected chi connectivity index (χ3v) is 5.43. The van der Waals surface area contributed by atoms with Crippen LogP contribution in [0.25, 0.3) is 0 Å². The van der Waals surface area contributed by atoms with E-state index in [1.807, 2.05) is 0 Å². The van der Waals surface area contributed by atoms with Gasteiger partial charge < -0.3 is 9.47 Å². The van der Waals surface area contributed by atoms with Gasteiger partial charge in [-0.05, 0) is 42.0 Å². The predicted molar refractivity (Wildman–Crippen MR) is 106 cm³/mol. The number of rotatable bonds is 7. The summed E-state index contributed by atoms with van der Waals surface area (Å²) in [4.78, 5) is 11.7. The number of hydrogen-bond donors (Lipinski definition) is 1. The second kappa shape index (κ2) is 8.74. The Labute approximate surface area is 168 Å². The molecular weight excluding hydrogens is 397 g/mol. The Balaban J connectivity index is 1.77. The van der Waals surface area contributed by atoms with E-state index in [1.165, 1.54) is 43.5 Å². The zero-order valence-electron chi connectivity index (χ0n) is 15.5. The van der Waals surface area contributed by atoms with E-state index in [4.69, 9.17) is 4.74 Å². The van der Waals surface area contributed by atoms with Crippen molar-refractivity contribution in [1.82, 2.24) is 0 Å². The molecule has 0 unspecified atom stereocenters. The zero-order valence-corrected chi connectivity index (χ0v) is 16.3. The lowest BCUT2D eigenvalue weighted by atomic mass is 10.2. The van der Waals surface area contributed by atoms with Gasteiger partial charge in [-0.3, -0.25) is 4.72 Å². The van der Waals surface area contributed by atoms with Gasteiger partial charge in [0.1, 0.15) is 23.1 Å². The first kappa shape index (κ1) is 20.3. The first-order chi connectivity index (χ1) is 13.9. The van der Waals surface area contributed by atoms with E-state index in [0.29, 0.717) is 5.75 Å². The monoisotopic (exact) mass is 415 g/mol.